The Labute approximate surface area is 93.0 Å². The van der Waals surface area contributed by atoms with Crippen LogP contribution in [0.25, 0.3) is 0 Å². The number of nitrogens with zero attached hydrogens (tertiary/aromatic N) is 1. The zero-order valence-corrected chi connectivity index (χ0v) is 10.2. The summed E-state index contributed by atoms with van der Waals surface area (Å²) in [5.74, 6) is 3.49. The number of carbonyl (C=O) groups excluding carboxylic acids is 1. The van der Waals surface area contributed by atoms with E-state index in [1.807, 2.05) is 0 Å². The summed E-state index contributed by atoms with van der Waals surface area (Å²) >= 11 is 0. The second-order valence-corrected chi connectivity index (χ2v) is 5.70. The topological polar surface area (TPSA) is 20.3 Å². The summed E-state index contributed by atoms with van der Waals surface area (Å²) in [5, 5.41) is 0. The van der Waals surface area contributed by atoms with Crippen LogP contribution in [0.4, 0.5) is 0 Å². The smallest absolute Gasteiger partial charge is 0.219 e. The number of likely N-dealkylation sites (tertiary alicyclic amines) is 1. The predicted molar refractivity (Wildman–Crippen MR) is 61.4 cm³/mol. The van der Waals surface area contributed by atoms with Crippen LogP contribution < -0.4 is 0 Å². The second-order valence-electron chi connectivity index (χ2n) is 5.70. The highest BCUT2D eigenvalue weighted by molar-refractivity contribution is 5.73. The summed E-state index contributed by atoms with van der Waals surface area (Å²) in [6.07, 6.45) is 4.05. The van der Waals surface area contributed by atoms with E-state index in [1.165, 1.54) is 19.3 Å². The molecule has 1 heterocycles. The zero-order valence-electron chi connectivity index (χ0n) is 10.2. The number of amides is 1. The third kappa shape index (κ3) is 2.04. The lowest BCUT2D eigenvalue weighted by Crippen LogP contribution is -2.51. The standard InChI is InChI=1S/C13H23NO/c1-9(2)13-11-5-4-6-12(13)8-14(7-11)10(3)15/h9,11-13H,4-8H2,1-3H3. The first-order chi connectivity index (χ1) is 7.09. The van der Waals surface area contributed by atoms with Gasteiger partial charge in [0, 0.05) is 20.0 Å². The van der Waals surface area contributed by atoms with E-state index in [9.17, 15) is 4.79 Å². The largest absolute Gasteiger partial charge is 0.342 e. The Balaban J connectivity index is 2.11. The van der Waals surface area contributed by atoms with Crippen LogP contribution in [0, 0.1) is 23.7 Å². The normalized spacial score (nSPS) is 35.7. The van der Waals surface area contributed by atoms with Crippen molar-refractivity contribution in [3.63, 3.8) is 0 Å². The maximum atomic E-state index is 11.4. The first kappa shape index (κ1) is 11.0. The molecule has 1 aliphatic carbocycles. The van der Waals surface area contributed by atoms with E-state index in [0.29, 0.717) is 0 Å². The molecule has 0 aromatic rings. The van der Waals surface area contributed by atoms with Crippen molar-refractivity contribution >= 4 is 5.91 Å². The molecule has 2 heteroatoms. The fraction of sp³-hybridized carbons (Fsp3) is 0.923. The molecule has 0 radical (unpaired) electrons. The molecule has 2 atom stereocenters. The Morgan fingerprint density at radius 1 is 1.20 bits per heavy atom. The van der Waals surface area contributed by atoms with Gasteiger partial charge in [-0.15, -0.1) is 0 Å². The van der Waals surface area contributed by atoms with Crippen LogP contribution in [0.3, 0.4) is 0 Å². The molecule has 2 rings (SSSR count). The third-order valence-corrected chi connectivity index (χ3v) is 4.36. The highest BCUT2D eigenvalue weighted by Gasteiger charge is 2.41. The maximum absolute atomic E-state index is 11.4. The monoisotopic (exact) mass is 209 g/mol. The number of rotatable bonds is 1. The van der Waals surface area contributed by atoms with Gasteiger partial charge in [0.2, 0.25) is 5.91 Å². The van der Waals surface area contributed by atoms with Crippen molar-refractivity contribution in [3.8, 4) is 0 Å². The average molecular weight is 209 g/mol. The fourth-order valence-electron chi connectivity index (χ4n) is 3.82. The minimum Gasteiger partial charge on any atom is -0.342 e. The van der Waals surface area contributed by atoms with Crippen LogP contribution in [0.15, 0.2) is 0 Å². The van der Waals surface area contributed by atoms with Gasteiger partial charge in [0.25, 0.3) is 0 Å². The van der Waals surface area contributed by atoms with Gasteiger partial charge in [0.15, 0.2) is 0 Å². The Bertz CT molecular complexity index is 235. The molecule has 2 nitrogen and oxygen atoms in total. The Kier molecular flexibility index (Phi) is 3.03. The van der Waals surface area contributed by atoms with E-state index in [-0.39, 0.29) is 5.91 Å². The number of fused-ring (bicyclic) bond motifs is 2. The van der Waals surface area contributed by atoms with Gasteiger partial charge in [-0.2, -0.15) is 0 Å². The first-order valence-electron chi connectivity index (χ1n) is 6.35. The minimum absolute atomic E-state index is 0.272. The molecule has 1 saturated heterocycles. The molecular formula is C13H23NO. The molecular weight excluding hydrogens is 186 g/mol. The molecule has 1 aliphatic heterocycles. The summed E-state index contributed by atoms with van der Waals surface area (Å²) < 4.78 is 0. The van der Waals surface area contributed by atoms with Crippen LogP contribution in [-0.4, -0.2) is 23.9 Å². The summed E-state index contributed by atoms with van der Waals surface area (Å²) in [5.41, 5.74) is 0. The van der Waals surface area contributed by atoms with E-state index in [1.54, 1.807) is 6.92 Å². The van der Waals surface area contributed by atoms with Crippen LogP contribution >= 0.6 is 0 Å². The molecule has 0 spiro atoms. The zero-order chi connectivity index (χ0) is 11.0. The highest BCUT2D eigenvalue weighted by Crippen LogP contribution is 2.43. The van der Waals surface area contributed by atoms with Crippen molar-refractivity contribution in [2.75, 3.05) is 13.1 Å². The number of piperidine rings is 1. The van der Waals surface area contributed by atoms with Gasteiger partial charge < -0.3 is 4.90 Å². The average Bonchev–Trinajstić information content (AvgIpc) is 2.15. The van der Waals surface area contributed by atoms with Crippen LogP contribution in [0.2, 0.25) is 0 Å². The molecule has 2 bridgehead atoms. The Hall–Kier alpha value is -0.530. The van der Waals surface area contributed by atoms with E-state index in [4.69, 9.17) is 0 Å². The summed E-state index contributed by atoms with van der Waals surface area (Å²) in [7, 11) is 0. The van der Waals surface area contributed by atoms with E-state index in [2.05, 4.69) is 18.7 Å². The van der Waals surface area contributed by atoms with Gasteiger partial charge in [-0.25, -0.2) is 0 Å². The fourth-order valence-corrected chi connectivity index (χ4v) is 3.82. The molecule has 15 heavy (non-hydrogen) atoms. The minimum atomic E-state index is 0.272. The van der Waals surface area contributed by atoms with Crippen molar-refractivity contribution in [2.24, 2.45) is 23.7 Å². The van der Waals surface area contributed by atoms with Gasteiger partial charge in [0.05, 0.1) is 0 Å². The lowest BCUT2D eigenvalue weighted by atomic mass is 9.64. The molecule has 1 amide bonds. The number of hydrogen-bond donors (Lipinski definition) is 0. The summed E-state index contributed by atoms with van der Waals surface area (Å²) in [6, 6.07) is 0. The third-order valence-electron chi connectivity index (χ3n) is 4.36. The molecule has 0 aromatic heterocycles. The summed E-state index contributed by atoms with van der Waals surface area (Å²) in [4.78, 5) is 13.5. The van der Waals surface area contributed by atoms with Gasteiger partial charge in [-0.3, -0.25) is 4.79 Å². The molecule has 0 aromatic carbocycles. The molecule has 86 valence electrons. The van der Waals surface area contributed by atoms with E-state index in [0.717, 1.165) is 36.8 Å². The lowest BCUT2D eigenvalue weighted by Gasteiger charge is -2.49. The van der Waals surface area contributed by atoms with Crippen LogP contribution in [-0.2, 0) is 4.79 Å². The Morgan fingerprint density at radius 3 is 2.13 bits per heavy atom. The second kappa shape index (κ2) is 4.15. The van der Waals surface area contributed by atoms with Crippen molar-refractivity contribution < 1.29 is 4.79 Å². The highest BCUT2D eigenvalue weighted by atomic mass is 16.2. The van der Waals surface area contributed by atoms with Gasteiger partial charge in [0.1, 0.15) is 0 Å². The van der Waals surface area contributed by atoms with Gasteiger partial charge in [-0.1, -0.05) is 20.3 Å². The van der Waals surface area contributed by atoms with Crippen molar-refractivity contribution in [1.82, 2.24) is 4.90 Å². The first-order valence-corrected chi connectivity index (χ1v) is 6.35. The number of hydrogen-bond acceptors (Lipinski definition) is 1. The molecule has 2 unspecified atom stereocenters. The lowest BCUT2D eigenvalue weighted by molar-refractivity contribution is -0.135. The van der Waals surface area contributed by atoms with Gasteiger partial charge >= 0.3 is 0 Å². The summed E-state index contributed by atoms with van der Waals surface area (Å²) in [6.45, 7) is 8.45. The predicted octanol–water partition coefficient (Wildman–Crippen LogP) is 2.54. The quantitative estimate of drug-likeness (QED) is 0.650. The van der Waals surface area contributed by atoms with Crippen molar-refractivity contribution in [3.05, 3.63) is 0 Å². The van der Waals surface area contributed by atoms with E-state index >= 15 is 0 Å². The van der Waals surface area contributed by atoms with Crippen molar-refractivity contribution in [2.45, 2.75) is 40.0 Å². The SMILES string of the molecule is CC(=O)N1CC2CCCC(C1)C2C(C)C. The molecule has 1 saturated carbocycles. The van der Waals surface area contributed by atoms with Crippen LogP contribution in [0.1, 0.15) is 40.0 Å². The van der Waals surface area contributed by atoms with Crippen LogP contribution in [0.5, 0.6) is 0 Å². The maximum Gasteiger partial charge on any atom is 0.219 e. The molecule has 0 N–H and O–H groups in total. The Morgan fingerprint density at radius 2 is 1.73 bits per heavy atom. The molecule has 2 fully saturated rings. The van der Waals surface area contributed by atoms with E-state index < -0.39 is 0 Å². The van der Waals surface area contributed by atoms with Gasteiger partial charge in [-0.05, 0) is 36.5 Å². The van der Waals surface area contributed by atoms with Crippen molar-refractivity contribution in [1.29, 1.82) is 0 Å². The number of carbonyl (C=O) groups is 1. The molecule has 2 aliphatic rings.